The van der Waals surface area contributed by atoms with Crippen molar-refractivity contribution < 1.29 is 13.5 Å². The Morgan fingerprint density at radius 1 is 1.33 bits per heavy atom. The van der Waals surface area contributed by atoms with Gasteiger partial charge in [-0.25, -0.2) is 13.1 Å². The molecule has 102 valence electrons. The van der Waals surface area contributed by atoms with Crippen molar-refractivity contribution in [3.05, 3.63) is 24.3 Å². The first-order valence-corrected chi connectivity index (χ1v) is 7.22. The Kier molecular flexibility index (Phi) is 4.72. The van der Waals surface area contributed by atoms with Crippen LogP contribution in [0.25, 0.3) is 0 Å². The predicted molar refractivity (Wildman–Crippen MR) is 71.5 cm³/mol. The Labute approximate surface area is 108 Å². The largest absolute Gasteiger partial charge is 0.398 e. The van der Waals surface area contributed by atoms with Crippen LogP contribution in [0.5, 0.6) is 0 Å². The van der Waals surface area contributed by atoms with E-state index in [1.54, 1.807) is 18.2 Å². The zero-order valence-electron chi connectivity index (χ0n) is 10.7. The lowest BCUT2D eigenvalue weighted by Gasteiger charge is -2.23. The highest BCUT2D eigenvalue weighted by molar-refractivity contribution is 7.89. The average Bonchev–Trinajstić information content (AvgIpc) is 2.27. The number of para-hydroxylation sites is 1. The number of nitrogens with two attached hydrogens (primary N) is 1. The molecule has 1 rings (SSSR count). The number of hydrogen-bond acceptors (Lipinski definition) is 4. The van der Waals surface area contributed by atoms with Gasteiger partial charge in [0.05, 0.1) is 5.69 Å². The molecule has 1 aromatic carbocycles. The van der Waals surface area contributed by atoms with Crippen LogP contribution in [0.1, 0.15) is 20.3 Å². The zero-order chi connectivity index (χ0) is 13.8. The lowest BCUT2D eigenvalue weighted by molar-refractivity contribution is 0.213. The van der Waals surface area contributed by atoms with Crippen LogP contribution in [-0.2, 0) is 10.0 Å². The molecule has 0 bridgehead atoms. The summed E-state index contributed by atoms with van der Waals surface area (Å²) in [5, 5.41) is 8.90. The van der Waals surface area contributed by atoms with E-state index in [-0.39, 0.29) is 29.1 Å². The molecule has 18 heavy (non-hydrogen) atoms. The fourth-order valence-corrected chi connectivity index (χ4v) is 2.86. The van der Waals surface area contributed by atoms with Crippen LogP contribution >= 0.6 is 0 Å². The molecule has 1 aromatic rings. The number of nitrogens with one attached hydrogen (secondary N) is 1. The van der Waals surface area contributed by atoms with Crippen LogP contribution in [0.15, 0.2) is 29.2 Å². The van der Waals surface area contributed by atoms with Gasteiger partial charge in [-0.15, -0.1) is 0 Å². The summed E-state index contributed by atoms with van der Waals surface area (Å²) in [6, 6.07) is 6.33. The second-order valence-electron chi connectivity index (χ2n) is 5.00. The van der Waals surface area contributed by atoms with Crippen molar-refractivity contribution >= 4 is 15.7 Å². The molecule has 0 fully saturated rings. The van der Waals surface area contributed by atoms with Gasteiger partial charge in [0.1, 0.15) is 4.90 Å². The molecule has 0 heterocycles. The number of rotatable bonds is 6. The Hall–Kier alpha value is -1.11. The quantitative estimate of drug-likeness (QED) is 0.672. The van der Waals surface area contributed by atoms with Gasteiger partial charge in [-0.3, -0.25) is 0 Å². The average molecular weight is 272 g/mol. The number of anilines is 1. The van der Waals surface area contributed by atoms with E-state index >= 15 is 0 Å². The zero-order valence-corrected chi connectivity index (χ0v) is 11.5. The van der Waals surface area contributed by atoms with E-state index in [4.69, 9.17) is 10.8 Å². The molecule has 5 nitrogen and oxygen atoms in total. The molecule has 0 aliphatic carbocycles. The third-order valence-electron chi connectivity index (χ3n) is 2.74. The molecule has 0 aromatic heterocycles. The predicted octanol–water partition coefficient (Wildman–Crippen LogP) is 0.956. The highest BCUT2D eigenvalue weighted by Gasteiger charge is 2.23. The second-order valence-corrected chi connectivity index (χ2v) is 6.74. The number of aliphatic hydroxyl groups excluding tert-OH is 1. The molecule has 0 saturated carbocycles. The minimum absolute atomic E-state index is 0.0300. The van der Waals surface area contributed by atoms with Gasteiger partial charge in [0, 0.05) is 13.2 Å². The number of nitrogen functional groups attached to an aromatic ring is 1. The van der Waals surface area contributed by atoms with Gasteiger partial charge in [-0.05, 0) is 24.0 Å². The number of hydrogen-bond donors (Lipinski definition) is 3. The van der Waals surface area contributed by atoms with E-state index in [1.165, 1.54) is 6.07 Å². The first-order chi connectivity index (χ1) is 8.28. The minimum atomic E-state index is -3.60. The molecule has 0 spiro atoms. The maximum atomic E-state index is 12.1. The second kappa shape index (κ2) is 5.69. The summed E-state index contributed by atoms with van der Waals surface area (Å²) in [7, 11) is -3.60. The SMILES string of the molecule is CC(C)(CCO)CNS(=O)(=O)c1ccccc1N. The van der Waals surface area contributed by atoms with Crippen molar-refractivity contribution in [1.82, 2.24) is 4.72 Å². The Bertz CT molecular complexity index is 498. The van der Waals surface area contributed by atoms with Crippen LogP contribution in [0.3, 0.4) is 0 Å². The molecule has 0 amide bonds. The third kappa shape index (κ3) is 3.97. The summed E-state index contributed by atoms with van der Waals surface area (Å²) in [6.45, 7) is 4.06. The lowest BCUT2D eigenvalue weighted by atomic mass is 9.90. The van der Waals surface area contributed by atoms with Crippen molar-refractivity contribution in [1.29, 1.82) is 0 Å². The highest BCUT2D eigenvalue weighted by atomic mass is 32.2. The standard InChI is InChI=1S/C12H20N2O3S/c1-12(2,7-8-15)9-14-18(16,17)11-6-4-3-5-10(11)13/h3-6,14-15H,7-9,13H2,1-2H3. The summed E-state index contributed by atoms with van der Waals surface area (Å²) < 4.78 is 26.6. The van der Waals surface area contributed by atoms with Crippen molar-refractivity contribution in [3.8, 4) is 0 Å². The van der Waals surface area contributed by atoms with E-state index in [2.05, 4.69) is 4.72 Å². The molecule has 4 N–H and O–H groups in total. The van der Waals surface area contributed by atoms with Crippen LogP contribution in [-0.4, -0.2) is 26.7 Å². The molecule has 0 radical (unpaired) electrons. The summed E-state index contributed by atoms with van der Waals surface area (Å²) in [5.74, 6) is 0. The molecular weight excluding hydrogens is 252 g/mol. The summed E-state index contributed by atoms with van der Waals surface area (Å²) in [4.78, 5) is 0.0878. The molecule has 0 aliphatic heterocycles. The van der Waals surface area contributed by atoms with E-state index in [1.807, 2.05) is 13.8 Å². The molecule has 6 heteroatoms. The lowest BCUT2D eigenvalue weighted by Crippen LogP contribution is -2.34. The molecule has 0 unspecified atom stereocenters. The topological polar surface area (TPSA) is 92.4 Å². The maximum absolute atomic E-state index is 12.1. The van der Waals surface area contributed by atoms with Gasteiger partial charge < -0.3 is 10.8 Å². The maximum Gasteiger partial charge on any atom is 0.242 e. The normalized spacial score (nSPS) is 12.6. The van der Waals surface area contributed by atoms with Crippen LogP contribution in [0.4, 0.5) is 5.69 Å². The van der Waals surface area contributed by atoms with Crippen molar-refractivity contribution in [2.45, 2.75) is 25.2 Å². The summed E-state index contributed by atoms with van der Waals surface area (Å²) in [5.41, 5.74) is 5.57. The number of aliphatic hydroxyl groups is 1. The van der Waals surface area contributed by atoms with E-state index in [9.17, 15) is 8.42 Å². The third-order valence-corrected chi connectivity index (χ3v) is 4.21. The molecule has 0 saturated heterocycles. The highest BCUT2D eigenvalue weighted by Crippen LogP contribution is 2.21. The van der Waals surface area contributed by atoms with Crippen LogP contribution in [0, 0.1) is 5.41 Å². The molecule has 0 atom stereocenters. The summed E-state index contributed by atoms with van der Waals surface area (Å²) >= 11 is 0. The minimum Gasteiger partial charge on any atom is -0.398 e. The number of benzene rings is 1. The fraction of sp³-hybridized carbons (Fsp3) is 0.500. The monoisotopic (exact) mass is 272 g/mol. The van der Waals surface area contributed by atoms with Gasteiger partial charge in [-0.2, -0.15) is 0 Å². The molecule has 0 aliphatic rings. The van der Waals surface area contributed by atoms with Gasteiger partial charge in [0.25, 0.3) is 0 Å². The van der Waals surface area contributed by atoms with Crippen molar-refractivity contribution in [2.24, 2.45) is 5.41 Å². The van der Waals surface area contributed by atoms with Gasteiger partial charge in [-0.1, -0.05) is 26.0 Å². The van der Waals surface area contributed by atoms with Gasteiger partial charge >= 0.3 is 0 Å². The van der Waals surface area contributed by atoms with Crippen LogP contribution < -0.4 is 10.5 Å². The Balaban J connectivity index is 2.81. The smallest absolute Gasteiger partial charge is 0.242 e. The fourth-order valence-electron chi connectivity index (χ4n) is 1.48. The van der Waals surface area contributed by atoms with E-state index in [0.29, 0.717) is 6.42 Å². The molecular formula is C12H20N2O3S. The van der Waals surface area contributed by atoms with E-state index in [0.717, 1.165) is 0 Å². The Morgan fingerprint density at radius 2 is 1.94 bits per heavy atom. The van der Waals surface area contributed by atoms with Gasteiger partial charge in [0.2, 0.25) is 10.0 Å². The van der Waals surface area contributed by atoms with Crippen molar-refractivity contribution in [3.63, 3.8) is 0 Å². The number of sulfonamides is 1. The Morgan fingerprint density at radius 3 is 2.50 bits per heavy atom. The van der Waals surface area contributed by atoms with Crippen molar-refractivity contribution in [2.75, 3.05) is 18.9 Å². The van der Waals surface area contributed by atoms with Gasteiger partial charge in [0.15, 0.2) is 0 Å². The first kappa shape index (κ1) is 14.9. The summed E-state index contributed by atoms with van der Waals surface area (Å²) in [6.07, 6.45) is 0.528. The van der Waals surface area contributed by atoms with Crippen LogP contribution in [0.2, 0.25) is 0 Å². The first-order valence-electron chi connectivity index (χ1n) is 5.73. The van der Waals surface area contributed by atoms with E-state index < -0.39 is 10.0 Å².